The number of pyridine rings is 1. The van der Waals surface area contributed by atoms with Gasteiger partial charge in [0.1, 0.15) is 23.3 Å². The fourth-order valence-electron chi connectivity index (χ4n) is 4.89. The lowest BCUT2D eigenvalue weighted by molar-refractivity contribution is -0.123. The molecular weight excluding hydrogens is 576 g/mol. The highest BCUT2D eigenvalue weighted by Gasteiger charge is 2.25. The number of hydrogen-bond acceptors (Lipinski definition) is 7. The maximum atomic E-state index is 13.4. The summed E-state index contributed by atoms with van der Waals surface area (Å²) in [5.74, 6) is 0.713. The summed E-state index contributed by atoms with van der Waals surface area (Å²) in [5, 5.41) is 5.25. The number of carbonyl (C=O) groups excluding carboxylic acids is 3. The van der Waals surface area contributed by atoms with E-state index in [0.29, 0.717) is 36.8 Å². The Balaban J connectivity index is 1.50. The number of fused-ring (bicyclic) bond motifs is 1. The number of aromatic amines is 1. The molecule has 2 aromatic heterocycles. The molecule has 3 aromatic rings. The quantitative estimate of drug-likeness (QED) is 0.269. The molecule has 12 nitrogen and oxygen atoms in total. The minimum Gasteiger partial charge on any atom is -0.494 e. The van der Waals surface area contributed by atoms with Crippen LogP contribution in [0.5, 0.6) is 0 Å². The number of anilines is 1. The number of hydrogen-bond donors (Lipinski definition) is 3. The first-order valence-corrected chi connectivity index (χ1v) is 15.0. The zero-order valence-electron chi connectivity index (χ0n) is 26.7. The summed E-state index contributed by atoms with van der Waals surface area (Å²) in [6, 6.07) is 8.13. The van der Waals surface area contributed by atoms with Gasteiger partial charge in [-0.15, -0.1) is 0 Å². The normalized spacial score (nSPS) is 14.0. The number of H-pyrrole nitrogens is 1. The summed E-state index contributed by atoms with van der Waals surface area (Å²) in [5.41, 5.74) is 2.59. The van der Waals surface area contributed by atoms with E-state index in [9.17, 15) is 19.2 Å². The van der Waals surface area contributed by atoms with Crippen molar-refractivity contribution >= 4 is 34.6 Å². The fourth-order valence-corrected chi connectivity index (χ4v) is 4.89. The number of likely N-dealkylation sites (N-methyl/N-ethyl adjacent to an activating group) is 1. The molecule has 1 aliphatic heterocycles. The largest absolute Gasteiger partial charge is 0.494 e. The number of rotatable bonds is 11. The van der Waals surface area contributed by atoms with Crippen LogP contribution in [0.4, 0.5) is 10.5 Å². The molecule has 0 bridgehead atoms. The third-order valence-corrected chi connectivity index (χ3v) is 7.15. The number of para-hydroxylation sites is 1. The molecule has 4 rings (SSSR count). The summed E-state index contributed by atoms with van der Waals surface area (Å²) >= 11 is 0. The van der Waals surface area contributed by atoms with E-state index in [4.69, 9.17) is 14.5 Å². The summed E-state index contributed by atoms with van der Waals surface area (Å²) in [6.45, 7) is 8.80. The van der Waals surface area contributed by atoms with Gasteiger partial charge in [-0.25, -0.2) is 9.78 Å². The molecular formula is C33H42N6O6. The number of amides is 3. The molecule has 0 fully saturated rings. The van der Waals surface area contributed by atoms with Crippen LogP contribution >= 0.6 is 0 Å². The molecule has 1 aliphatic rings. The van der Waals surface area contributed by atoms with E-state index in [2.05, 4.69) is 42.5 Å². The smallest absolute Gasteiger partial charge is 0.413 e. The van der Waals surface area contributed by atoms with Gasteiger partial charge in [-0.3, -0.25) is 14.4 Å². The first-order chi connectivity index (χ1) is 21.3. The van der Waals surface area contributed by atoms with Crippen molar-refractivity contribution < 1.29 is 23.9 Å². The Hall–Kier alpha value is -4.87. The molecule has 3 heterocycles. The first-order valence-electron chi connectivity index (χ1n) is 15.0. The van der Waals surface area contributed by atoms with Gasteiger partial charge in [-0.05, 0) is 61.4 Å². The van der Waals surface area contributed by atoms with Crippen molar-refractivity contribution in [2.45, 2.75) is 66.0 Å². The van der Waals surface area contributed by atoms with E-state index < -0.39 is 23.6 Å². The van der Waals surface area contributed by atoms with E-state index in [1.165, 1.54) is 21.6 Å². The lowest BCUT2D eigenvalue weighted by atomic mass is 9.88. The van der Waals surface area contributed by atoms with E-state index in [0.717, 1.165) is 23.0 Å². The number of alkyl carbamates (subject to hydrolysis) is 1. The Kier molecular flexibility index (Phi) is 10.5. The number of imidazole rings is 1. The molecule has 0 unspecified atom stereocenters. The Morgan fingerprint density at radius 1 is 1.20 bits per heavy atom. The summed E-state index contributed by atoms with van der Waals surface area (Å²) in [7, 11) is 3.27. The van der Waals surface area contributed by atoms with Crippen LogP contribution in [-0.4, -0.2) is 64.1 Å². The number of nitrogens with zero attached hydrogens (tertiary/aromatic N) is 3. The van der Waals surface area contributed by atoms with Crippen LogP contribution in [0.3, 0.4) is 0 Å². The minimum absolute atomic E-state index is 0.0493. The Bertz CT molecular complexity index is 1680. The molecule has 3 N–H and O–H groups in total. The molecule has 0 saturated heterocycles. The van der Waals surface area contributed by atoms with Crippen molar-refractivity contribution in [2.24, 2.45) is 5.41 Å². The molecule has 1 atom stereocenters. The number of allylic oxidation sites excluding steroid dienone is 2. The second kappa shape index (κ2) is 14.3. The van der Waals surface area contributed by atoms with Crippen molar-refractivity contribution in [3.8, 4) is 0 Å². The average Bonchev–Trinajstić information content (AvgIpc) is 3.57. The standard InChI is InChI=1S/C33H42N6O6/c1-21-26(16-18-44-21)45-32(43)36-24(12-7-8-15-28(40)38(5)6)30(41)35-25-14-10-17-39(31(25)42)20-27-34-23-13-9-11-22(29(23)37-27)19-33(2,3)4/h8-11,13-15,17,24H,7,12,16,18-20H2,1-6H3,(H,34,37)(H,35,41)(H,36,43)/b15-8+/t24-/m0/s1. The zero-order chi connectivity index (χ0) is 32.7. The van der Waals surface area contributed by atoms with Crippen LogP contribution in [0.2, 0.25) is 0 Å². The van der Waals surface area contributed by atoms with Crippen molar-refractivity contribution in [1.82, 2.24) is 24.8 Å². The lowest BCUT2D eigenvalue weighted by Gasteiger charge is -2.18. The zero-order valence-corrected chi connectivity index (χ0v) is 26.7. The lowest BCUT2D eigenvalue weighted by Crippen LogP contribution is -2.44. The number of nitrogens with one attached hydrogen (secondary N) is 3. The maximum Gasteiger partial charge on any atom is 0.413 e. The SMILES string of the molecule is CC1=C(OC(=O)N[C@@H](CC/C=C/C(=O)N(C)C)C(=O)Nc2cccn(Cc3nc4c(CC(C)(C)C)cccc4[nH]3)c2=O)CCO1. The molecule has 0 spiro atoms. The Labute approximate surface area is 262 Å². The topological polar surface area (TPSA) is 148 Å². The molecule has 240 valence electrons. The van der Waals surface area contributed by atoms with Gasteiger partial charge in [-0.2, -0.15) is 0 Å². The third kappa shape index (κ3) is 9.07. The van der Waals surface area contributed by atoms with E-state index >= 15 is 0 Å². The van der Waals surface area contributed by atoms with Crippen LogP contribution in [0.25, 0.3) is 11.0 Å². The van der Waals surface area contributed by atoms with Crippen molar-refractivity contribution in [3.05, 3.63) is 81.9 Å². The van der Waals surface area contributed by atoms with Gasteiger partial charge >= 0.3 is 6.09 Å². The second-order valence-electron chi connectivity index (χ2n) is 12.5. The van der Waals surface area contributed by atoms with Crippen molar-refractivity contribution in [2.75, 3.05) is 26.0 Å². The van der Waals surface area contributed by atoms with Gasteiger partial charge in [0.15, 0.2) is 5.76 Å². The average molecular weight is 619 g/mol. The van der Waals surface area contributed by atoms with E-state index in [-0.39, 0.29) is 30.0 Å². The second-order valence-corrected chi connectivity index (χ2v) is 12.5. The van der Waals surface area contributed by atoms with Gasteiger partial charge in [0, 0.05) is 26.7 Å². The number of aromatic nitrogens is 3. The van der Waals surface area contributed by atoms with Crippen LogP contribution in [-0.2, 0) is 32.0 Å². The molecule has 0 radical (unpaired) electrons. The molecule has 0 aliphatic carbocycles. The van der Waals surface area contributed by atoms with Gasteiger partial charge in [0.2, 0.25) is 11.8 Å². The maximum absolute atomic E-state index is 13.4. The van der Waals surface area contributed by atoms with Crippen LogP contribution in [0, 0.1) is 5.41 Å². The molecule has 3 amide bonds. The minimum atomic E-state index is -1.05. The van der Waals surface area contributed by atoms with Gasteiger partial charge in [0.05, 0.1) is 24.2 Å². The van der Waals surface area contributed by atoms with E-state index in [1.54, 1.807) is 39.4 Å². The highest BCUT2D eigenvalue weighted by molar-refractivity contribution is 5.96. The Morgan fingerprint density at radius 3 is 2.67 bits per heavy atom. The van der Waals surface area contributed by atoms with Gasteiger partial charge in [0.25, 0.3) is 5.56 Å². The summed E-state index contributed by atoms with van der Waals surface area (Å²) < 4.78 is 12.2. The highest BCUT2D eigenvalue weighted by atomic mass is 16.6. The summed E-state index contributed by atoms with van der Waals surface area (Å²) in [6.07, 6.45) is 5.60. The number of carbonyl (C=O) groups is 3. The van der Waals surface area contributed by atoms with Gasteiger partial charge in [-0.1, -0.05) is 39.0 Å². The van der Waals surface area contributed by atoms with Crippen LogP contribution in [0.1, 0.15) is 58.3 Å². The third-order valence-electron chi connectivity index (χ3n) is 7.15. The first kappa shape index (κ1) is 33.0. The van der Waals surface area contributed by atoms with Gasteiger partial charge < -0.3 is 34.6 Å². The number of ether oxygens (including phenoxy) is 2. The van der Waals surface area contributed by atoms with Crippen molar-refractivity contribution in [1.29, 1.82) is 0 Å². The summed E-state index contributed by atoms with van der Waals surface area (Å²) in [4.78, 5) is 60.9. The highest BCUT2D eigenvalue weighted by Crippen LogP contribution is 2.26. The molecule has 0 saturated carbocycles. The number of benzene rings is 1. The molecule has 45 heavy (non-hydrogen) atoms. The van der Waals surface area contributed by atoms with Crippen molar-refractivity contribution in [3.63, 3.8) is 0 Å². The fraction of sp³-hybridized carbons (Fsp3) is 0.424. The Morgan fingerprint density at radius 2 is 1.98 bits per heavy atom. The predicted molar refractivity (Wildman–Crippen MR) is 171 cm³/mol. The van der Waals surface area contributed by atoms with Crippen LogP contribution in [0.15, 0.2) is 65.0 Å². The monoisotopic (exact) mass is 618 g/mol. The molecule has 12 heteroatoms. The van der Waals surface area contributed by atoms with E-state index in [1.807, 2.05) is 12.1 Å². The predicted octanol–water partition coefficient (Wildman–Crippen LogP) is 4.47. The molecule has 1 aromatic carbocycles. The van der Waals surface area contributed by atoms with Crippen LogP contribution < -0.4 is 16.2 Å².